The first-order chi connectivity index (χ1) is 16.5. The molecule has 1 fully saturated rings. The van der Waals surface area contributed by atoms with E-state index in [1.54, 1.807) is 0 Å². The van der Waals surface area contributed by atoms with Crippen LogP contribution < -0.4 is 10.6 Å². The molecule has 1 saturated carbocycles. The Balaban J connectivity index is 1.20. The van der Waals surface area contributed by atoms with Crippen LogP contribution in [-0.2, 0) is 16.1 Å². The summed E-state index contributed by atoms with van der Waals surface area (Å²) in [6.45, 7) is 0.0587. The molecular weight excluding hydrogens is 438 g/mol. The first-order valence-electron chi connectivity index (χ1n) is 11.1. The lowest BCUT2D eigenvalue weighted by atomic mass is 9.76. The molecule has 2 aliphatic rings. The highest BCUT2D eigenvalue weighted by Crippen LogP contribution is 2.44. The lowest BCUT2D eigenvalue weighted by Gasteiger charge is -2.38. The van der Waals surface area contributed by atoms with Crippen molar-refractivity contribution in [2.75, 3.05) is 6.61 Å². The summed E-state index contributed by atoms with van der Waals surface area (Å²) >= 11 is 0. The summed E-state index contributed by atoms with van der Waals surface area (Å²) in [4.78, 5) is 36.5. The Labute approximate surface area is 195 Å². The number of carboxylic acids is 1. The zero-order chi connectivity index (χ0) is 23.7. The molecule has 0 saturated heterocycles. The van der Waals surface area contributed by atoms with Crippen molar-refractivity contribution in [2.45, 2.75) is 37.3 Å². The lowest BCUT2D eigenvalue weighted by Crippen LogP contribution is -2.59. The second-order valence-electron chi connectivity index (χ2n) is 8.55. The summed E-state index contributed by atoms with van der Waals surface area (Å²) in [7, 11) is 0. The summed E-state index contributed by atoms with van der Waals surface area (Å²) in [5.74, 6) is -1.74. The molecule has 34 heavy (non-hydrogen) atoms. The predicted molar refractivity (Wildman–Crippen MR) is 120 cm³/mol. The van der Waals surface area contributed by atoms with E-state index >= 15 is 0 Å². The van der Waals surface area contributed by atoms with Crippen LogP contribution in [0.4, 0.5) is 4.79 Å². The second kappa shape index (κ2) is 8.66. The number of aliphatic carboxylic acids is 1. The molecule has 2 aliphatic carbocycles. The molecule has 1 aromatic heterocycles. The largest absolute Gasteiger partial charge is 0.480 e. The molecular formula is C25H23N3O6. The fourth-order valence-corrected chi connectivity index (χ4v) is 4.58. The number of carbonyl (C=O) groups is 3. The molecule has 1 heterocycles. The van der Waals surface area contributed by atoms with Crippen LogP contribution >= 0.6 is 0 Å². The van der Waals surface area contributed by atoms with Gasteiger partial charge in [-0.3, -0.25) is 4.79 Å². The summed E-state index contributed by atoms with van der Waals surface area (Å²) in [6.07, 6.45) is 1.95. The van der Waals surface area contributed by atoms with Crippen LogP contribution in [0.25, 0.3) is 11.1 Å². The van der Waals surface area contributed by atoms with Gasteiger partial charge in [-0.25, -0.2) is 9.59 Å². The quantitative estimate of drug-likeness (QED) is 0.491. The first-order valence-corrected chi connectivity index (χ1v) is 11.1. The van der Waals surface area contributed by atoms with E-state index in [1.807, 2.05) is 36.4 Å². The van der Waals surface area contributed by atoms with Crippen molar-refractivity contribution in [1.29, 1.82) is 0 Å². The number of rotatable bonds is 7. The van der Waals surface area contributed by atoms with Gasteiger partial charge >= 0.3 is 12.1 Å². The monoisotopic (exact) mass is 461 g/mol. The summed E-state index contributed by atoms with van der Waals surface area (Å²) in [5, 5.41) is 18.3. The van der Waals surface area contributed by atoms with Gasteiger partial charge in [0, 0.05) is 5.92 Å². The number of nitrogens with one attached hydrogen (secondary N) is 2. The number of aromatic nitrogens is 1. The van der Waals surface area contributed by atoms with Crippen molar-refractivity contribution in [1.82, 2.24) is 15.8 Å². The van der Waals surface area contributed by atoms with E-state index in [1.165, 1.54) is 0 Å². The number of hydrogen-bond donors (Lipinski definition) is 3. The van der Waals surface area contributed by atoms with Gasteiger partial charge in [-0.1, -0.05) is 53.7 Å². The Hall–Kier alpha value is -4.14. The van der Waals surface area contributed by atoms with Crippen LogP contribution in [-0.4, -0.2) is 40.4 Å². The highest BCUT2D eigenvalue weighted by Gasteiger charge is 2.46. The molecule has 174 valence electrons. The average molecular weight is 461 g/mol. The van der Waals surface area contributed by atoms with E-state index in [0.29, 0.717) is 12.8 Å². The van der Waals surface area contributed by atoms with Gasteiger partial charge in [0.15, 0.2) is 0 Å². The molecule has 5 rings (SSSR count). The van der Waals surface area contributed by atoms with Crippen molar-refractivity contribution >= 4 is 18.0 Å². The minimum atomic E-state index is -1.26. The van der Waals surface area contributed by atoms with Gasteiger partial charge in [-0.2, -0.15) is 0 Å². The summed E-state index contributed by atoms with van der Waals surface area (Å²) < 4.78 is 10.4. The van der Waals surface area contributed by atoms with Gasteiger partial charge < -0.3 is 25.0 Å². The molecule has 0 radical (unpaired) electrons. The van der Waals surface area contributed by atoms with E-state index in [4.69, 9.17) is 9.26 Å². The third kappa shape index (κ3) is 3.79. The Bertz CT molecular complexity index is 1220. The Morgan fingerprint density at radius 2 is 1.71 bits per heavy atom. The van der Waals surface area contributed by atoms with E-state index in [9.17, 15) is 19.5 Å². The molecule has 0 unspecified atom stereocenters. The zero-order valence-corrected chi connectivity index (χ0v) is 18.2. The minimum absolute atomic E-state index is 0.0683. The smallest absolute Gasteiger partial charge is 0.407 e. The standard InChI is InChI=1S/C25H23N3O6/c29-22(27-25(23(30)31)10-5-11-25)20-14-34-28-21(20)12-26-24(32)33-13-19-17-8-3-1-6-15(17)16-7-2-4-9-18(16)19/h1-4,6-9,14,19H,5,10-13H2,(H,26,32)(H,27,29)(H,30,31). The van der Waals surface area contributed by atoms with E-state index in [0.717, 1.165) is 34.9 Å². The third-order valence-corrected chi connectivity index (χ3v) is 6.60. The molecule has 0 atom stereocenters. The maximum absolute atomic E-state index is 12.6. The van der Waals surface area contributed by atoms with Gasteiger partial charge in [0.25, 0.3) is 5.91 Å². The fraction of sp³-hybridized carbons (Fsp3) is 0.280. The van der Waals surface area contributed by atoms with Crippen LogP contribution in [0.3, 0.4) is 0 Å². The van der Waals surface area contributed by atoms with Crippen LogP contribution in [0.15, 0.2) is 59.3 Å². The number of benzene rings is 2. The first kappa shape index (κ1) is 21.7. The molecule has 0 bridgehead atoms. The summed E-state index contributed by atoms with van der Waals surface area (Å²) in [5.41, 5.74) is 3.49. The molecule has 0 spiro atoms. The maximum Gasteiger partial charge on any atom is 0.407 e. The van der Waals surface area contributed by atoms with Crippen molar-refractivity contribution in [3.8, 4) is 11.1 Å². The van der Waals surface area contributed by atoms with Gasteiger partial charge in [0.1, 0.15) is 29.7 Å². The molecule has 2 aromatic carbocycles. The highest BCUT2D eigenvalue weighted by atomic mass is 16.5. The van der Waals surface area contributed by atoms with Crippen LogP contribution in [0.1, 0.15) is 52.4 Å². The maximum atomic E-state index is 12.6. The van der Waals surface area contributed by atoms with Crippen molar-refractivity contribution in [2.24, 2.45) is 0 Å². The minimum Gasteiger partial charge on any atom is -0.480 e. The molecule has 9 nitrogen and oxygen atoms in total. The normalized spacial score (nSPS) is 15.5. The van der Waals surface area contributed by atoms with Gasteiger partial charge in [0.05, 0.1) is 6.54 Å². The lowest BCUT2D eigenvalue weighted by molar-refractivity contribution is -0.148. The molecule has 9 heteroatoms. The third-order valence-electron chi connectivity index (χ3n) is 6.60. The zero-order valence-electron chi connectivity index (χ0n) is 18.2. The van der Waals surface area contributed by atoms with Crippen molar-refractivity contribution in [3.63, 3.8) is 0 Å². The van der Waals surface area contributed by atoms with Gasteiger partial charge in [0.2, 0.25) is 0 Å². The number of carbonyl (C=O) groups excluding carboxylic acids is 2. The van der Waals surface area contributed by atoms with Crippen LogP contribution in [0.5, 0.6) is 0 Å². The number of carboxylic acid groups (broad SMARTS) is 1. The molecule has 0 aliphatic heterocycles. The van der Waals surface area contributed by atoms with Crippen LogP contribution in [0, 0.1) is 0 Å². The Kier molecular flexibility index (Phi) is 5.53. The highest BCUT2D eigenvalue weighted by molar-refractivity contribution is 5.98. The van der Waals surface area contributed by atoms with Gasteiger partial charge in [-0.05, 0) is 41.5 Å². The Morgan fingerprint density at radius 3 is 2.29 bits per heavy atom. The number of hydrogen-bond acceptors (Lipinski definition) is 6. The number of alkyl carbamates (subject to hydrolysis) is 1. The number of ether oxygens (including phenoxy) is 1. The van der Waals surface area contributed by atoms with Crippen LogP contribution in [0.2, 0.25) is 0 Å². The average Bonchev–Trinajstić information content (AvgIpc) is 3.41. The number of nitrogens with zero attached hydrogens (tertiary/aromatic N) is 1. The molecule has 3 aromatic rings. The van der Waals surface area contributed by atoms with E-state index < -0.39 is 23.5 Å². The topological polar surface area (TPSA) is 131 Å². The number of amides is 2. The Morgan fingerprint density at radius 1 is 1.06 bits per heavy atom. The second-order valence-corrected chi connectivity index (χ2v) is 8.55. The number of fused-ring (bicyclic) bond motifs is 3. The van der Waals surface area contributed by atoms with Crippen molar-refractivity contribution < 1.29 is 28.8 Å². The summed E-state index contributed by atoms with van der Waals surface area (Å²) in [6, 6.07) is 16.1. The van der Waals surface area contributed by atoms with E-state index in [2.05, 4.69) is 27.9 Å². The predicted octanol–water partition coefficient (Wildman–Crippen LogP) is 3.45. The van der Waals surface area contributed by atoms with Crippen molar-refractivity contribution in [3.05, 3.63) is 77.2 Å². The molecule has 3 N–H and O–H groups in total. The SMILES string of the molecule is O=C(NCc1nocc1C(=O)NC1(C(=O)O)CCC1)OCC1c2ccccc2-c2ccccc21. The fourth-order valence-electron chi connectivity index (χ4n) is 4.58. The van der Waals surface area contributed by atoms with Gasteiger partial charge in [-0.15, -0.1) is 0 Å². The van der Waals surface area contributed by atoms with E-state index in [-0.39, 0.29) is 30.3 Å². The molecule has 2 amide bonds.